The Morgan fingerprint density at radius 2 is 1.71 bits per heavy atom. The number of benzene rings is 2. The number of hydrogen-bond acceptors (Lipinski definition) is 5. The van der Waals surface area contributed by atoms with Gasteiger partial charge < -0.3 is 10.1 Å². The van der Waals surface area contributed by atoms with Gasteiger partial charge in [-0.25, -0.2) is 4.39 Å². The van der Waals surface area contributed by atoms with E-state index >= 15 is 0 Å². The molecule has 24 heavy (non-hydrogen) atoms. The molecule has 0 saturated heterocycles. The highest BCUT2D eigenvalue weighted by atomic mass is 19.1. The second kappa shape index (κ2) is 7.98. The number of allylic oxidation sites excluding steroid dienone is 2. The Bertz CT molecular complexity index is 867. The van der Waals surface area contributed by atoms with Crippen LogP contribution in [-0.2, 0) is 6.61 Å². The number of rotatable bonds is 5. The third-order valence-corrected chi connectivity index (χ3v) is 3.01. The summed E-state index contributed by atoms with van der Waals surface area (Å²) in [7, 11) is 0. The molecule has 116 valence electrons. The summed E-state index contributed by atoms with van der Waals surface area (Å²) in [5.41, 5.74) is 0.889. The molecule has 0 aliphatic heterocycles. The first-order chi connectivity index (χ1) is 11.7. The number of nitrogens with one attached hydrogen (secondary N) is 1. The average molecular weight is 318 g/mol. The van der Waals surface area contributed by atoms with Crippen molar-refractivity contribution in [3.05, 3.63) is 71.2 Å². The highest BCUT2D eigenvalue weighted by molar-refractivity contribution is 5.59. The Kier molecular flexibility index (Phi) is 5.50. The van der Waals surface area contributed by atoms with Crippen molar-refractivity contribution in [2.24, 2.45) is 0 Å². The number of halogens is 1. The number of hydrogen-bond donors (Lipinski definition) is 1. The minimum Gasteiger partial charge on any atom is -0.489 e. The van der Waals surface area contributed by atoms with Crippen molar-refractivity contribution < 1.29 is 9.13 Å². The first-order valence-corrected chi connectivity index (χ1v) is 6.85. The van der Waals surface area contributed by atoms with E-state index in [9.17, 15) is 4.39 Å². The molecule has 0 radical (unpaired) electrons. The molecule has 0 spiro atoms. The summed E-state index contributed by atoms with van der Waals surface area (Å²) in [6, 6.07) is 17.8. The molecular weight excluding hydrogens is 307 g/mol. The van der Waals surface area contributed by atoms with E-state index in [1.165, 1.54) is 12.1 Å². The fourth-order valence-corrected chi connectivity index (χ4v) is 1.84. The molecule has 1 N–H and O–H groups in total. The Hall–Kier alpha value is -3.82. The van der Waals surface area contributed by atoms with E-state index in [0.717, 1.165) is 5.56 Å². The van der Waals surface area contributed by atoms with Crippen molar-refractivity contribution in [2.45, 2.75) is 6.61 Å². The second-order valence-electron chi connectivity index (χ2n) is 4.65. The Labute approximate surface area is 138 Å². The lowest BCUT2D eigenvalue weighted by atomic mass is 10.2. The molecule has 0 aromatic heterocycles. The quantitative estimate of drug-likeness (QED) is 0.850. The van der Waals surface area contributed by atoms with Crippen molar-refractivity contribution in [3.63, 3.8) is 0 Å². The monoisotopic (exact) mass is 318 g/mol. The van der Waals surface area contributed by atoms with Gasteiger partial charge in [0, 0.05) is 11.8 Å². The van der Waals surface area contributed by atoms with E-state index in [0.29, 0.717) is 11.4 Å². The lowest BCUT2D eigenvalue weighted by Crippen LogP contribution is -2.01. The van der Waals surface area contributed by atoms with Crippen molar-refractivity contribution in [1.82, 2.24) is 0 Å². The van der Waals surface area contributed by atoms with Gasteiger partial charge in [-0.3, -0.25) is 0 Å². The van der Waals surface area contributed by atoms with Crippen LogP contribution < -0.4 is 10.1 Å². The van der Waals surface area contributed by atoms with Gasteiger partial charge in [-0.15, -0.1) is 0 Å². The lowest BCUT2D eigenvalue weighted by molar-refractivity contribution is 0.306. The number of nitrogens with zero attached hydrogens (tertiary/aromatic N) is 3. The molecule has 0 aliphatic carbocycles. The molecule has 0 heterocycles. The predicted octanol–water partition coefficient (Wildman–Crippen LogP) is 3.64. The summed E-state index contributed by atoms with van der Waals surface area (Å²) >= 11 is 0. The largest absolute Gasteiger partial charge is 0.489 e. The zero-order chi connectivity index (χ0) is 17.4. The molecule has 0 atom stereocenters. The topological polar surface area (TPSA) is 92.6 Å². The minimum absolute atomic E-state index is 0.129. The van der Waals surface area contributed by atoms with Gasteiger partial charge in [0.1, 0.15) is 42.1 Å². The van der Waals surface area contributed by atoms with Crippen LogP contribution in [0.1, 0.15) is 5.56 Å². The van der Waals surface area contributed by atoms with E-state index < -0.39 is 0 Å². The molecule has 0 fully saturated rings. The van der Waals surface area contributed by atoms with Crippen LogP contribution in [0.25, 0.3) is 0 Å². The van der Waals surface area contributed by atoms with Gasteiger partial charge in [0.15, 0.2) is 5.57 Å². The molecule has 2 aromatic rings. The molecule has 6 heteroatoms. The number of anilines is 1. The van der Waals surface area contributed by atoms with Gasteiger partial charge in [0.25, 0.3) is 0 Å². The molecule has 0 bridgehead atoms. The lowest BCUT2D eigenvalue weighted by Gasteiger charge is -2.09. The Morgan fingerprint density at radius 3 is 2.33 bits per heavy atom. The molecule has 2 aromatic carbocycles. The van der Waals surface area contributed by atoms with Crippen molar-refractivity contribution in [3.8, 4) is 24.0 Å². The van der Waals surface area contributed by atoms with Crippen LogP contribution in [-0.4, -0.2) is 0 Å². The van der Waals surface area contributed by atoms with E-state index in [1.807, 2.05) is 0 Å². The second-order valence-corrected chi connectivity index (χ2v) is 4.65. The molecule has 0 saturated carbocycles. The SMILES string of the molecule is N#CC(C#N)=C(C#N)Nc1cccc(OCc2ccc(F)cc2)c1. The van der Waals surface area contributed by atoms with Gasteiger partial charge in [-0.1, -0.05) is 18.2 Å². The maximum Gasteiger partial charge on any atom is 0.163 e. The standard InChI is InChI=1S/C18H11FN4O/c19-15-6-4-13(5-7-15)12-24-17-3-1-2-16(8-17)23-18(11-22)14(9-20)10-21/h1-8,23H,12H2. The zero-order valence-corrected chi connectivity index (χ0v) is 12.5. The van der Waals surface area contributed by atoms with Crippen LogP contribution in [0.5, 0.6) is 5.75 Å². The first-order valence-electron chi connectivity index (χ1n) is 6.85. The highest BCUT2D eigenvalue weighted by Gasteiger charge is 2.06. The average Bonchev–Trinajstić information content (AvgIpc) is 2.61. The van der Waals surface area contributed by atoms with E-state index in [4.69, 9.17) is 20.5 Å². The summed E-state index contributed by atoms with van der Waals surface area (Å²) in [4.78, 5) is 0. The normalized spacial score (nSPS) is 9.08. The Balaban J connectivity index is 2.11. The molecule has 5 nitrogen and oxygen atoms in total. The van der Waals surface area contributed by atoms with Crippen LogP contribution in [0.4, 0.5) is 10.1 Å². The van der Waals surface area contributed by atoms with Gasteiger partial charge in [-0.05, 0) is 29.8 Å². The van der Waals surface area contributed by atoms with Crippen LogP contribution in [0.15, 0.2) is 59.8 Å². The third kappa shape index (κ3) is 4.34. The van der Waals surface area contributed by atoms with Crippen LogP contribution in [0.2, 0.25) is 0 Å². The van der Waals surface area contributed by atoms with Crippen molar-refractivity contribution in [2.75, 3.05) is 5.32 Å². The minimum atomic E-state index is -0.313. The van der Waals surface area contributed by atoms with Crippen LogP contribution in [0, 0.1) is 39.8 Å². The summed E-state index contributed by atoms with van der Waals surface area (Å²) in [5, 5.41) is 29.4. The first kappa shape index (κ1) is 16.5. The summed E-state index contributed by atoms with van der Waals surface area (Å²) in [5.74, 6) is 0.212. The van der Waals surface area contributed by atoms with E-state index in [-0.39, 0.29) is 23.7 Å². The van der Waals surface area contributed by atoms with Gasteiger partial charge in [0.2, 0.25) is 0 Å². The van der Waals surface area contributed by atoms with Gasteiger partial charge in [-0.2, -0.15) is 15.8 Å². The maximum atomic E-state index is 12.9. The Morgan fingerprint density at radius 1 is 1.00 bits per heavy atom. The fourth-order valence-electron chi connectivity index (χ4n) is 1.84. The summed E-state index contributed by atoms with van der Waals surface area (Å²) in [6.45, 7) is 0.256. The molecule has 0 amide bonds. The van der Waals surface area contributed by atoms with E-state index in [2.05, 4.69) is 5.32 Å². The van der Waals surface area contributed by atoms with Crippen molar-refractivity contribution >= 4 is 5.69 Å². The molecule has 0 aliphatic rings. The summed E-state index contributed by atoms with van der Waals surface area (Å²) in [6.07, 6.45) is 0. The van der Waals surface area contributed by atoms with Gasteiger partial charge in [0.05, 0.1) is 0 Å². The zero-order valence-electron chi connectivity index (χ0n) is 12.5. The fraction of sp³-hybridized carbons (Fsp3) is 0.0556. The predicted molar refractivity (Wildman–Crippen MR) is 84.7 cm³/mol. The summed E-state index contributed by atoms with van der Waals surface area (Å²) < 4.78 is 18.5. The van der Waals surface area contributed by atoms with Crippen LogP contribution >= 0.6 is 0 Å². The smallest absolute Gasteiger partial charge is 0.163 e. The van der Waals surface area contributed by atoms with Crippen molar-refractivity contribution in [1.29, 1.82) is 15.8 Å². The number of nitriles is 3. The third-order valence-electron chi connectivity index (χ3n) is 3.01. The van der Waals surface area contributed by atoms with Gasteiger partial charge >= 0.3 is 0 Å². The molecule has 2 rings (SSSR count). The molecule has 0 unspecified atom stereocenters. The maximum absolute atomic E-state index is 12.9. The van der Waals surface area contributed by atoms with E-state index in [1.54, 1.807) is 54.6 Å². The van der Waals surface area contributed by atoms with Crippen LogP contribution in [0.3, 0.4) is 0 Å². The highest BCUT2D eigenvalue weighted by Crippen LogP contribution is 2.20. The number of ether oxygens (including phenoxy) is 1. The molecular formula is C18H11FN4O.